The Hall–Kier alpha value is -4.48. The number of carbonyl (C=O) groups is 2. The third kappa shape index (κ3) is 58.1. The Balaban J connectivity index is 3.63. The molecule has 0 spiro atoms. The van der Waals surface area contributed by atoms with E-state index in [1.54, 1.807) is 0 Å². The van der Waals surface area contributed by atoms with Crippen molar-refractivity contribution in [1.29, 1.82) is 0 Å². The molecule has 0 aliphatic rings. The fourth-order valence-corrected chi connectivity index (χ4v) is 7.54. The smallest absolute Gasteiger partial charge is 0.306 e. The highest BCUT2D eigenvalue weighted by molar-refractivity contribution is 5.70. The molecule has 1 unspecified atom stereocenters. The summed E-state index contributed by atoms with van der Waals surface area (Å²) >= 11 is 0. The minimum Gasteiger partial charge on any atom is -0.462 e. The van der Waals surface area contributed by atoms with Gasteiger partial charge in [0.1, 0.15) is 6.61 Å². The highest BCUT2D eigenvalue weighted by Crippen LogP contribution is 2.15. The lowest BCUT2D eigenvalue weighted by molar-refractivity contribution is -0.161. The van der Waals surface area contributed by atoms with E-state index in [1.807, 2.05) is 0 Å². The van der Waals surface area contributed by atoms with Gasteiger partial charge in [-0.15, -0.1) is 0 Å². The first-order valence-electron chi connectivity index (χ1n) is 29.0. The van der Waals surface area contributed by atoms with Gasteiger partial charge in [-0.25, -0.2) is 0 Å². The number of carbonyl (C=O) groups excluding carboxylic acids is 2. The molecule has 5 nitrogen and oxygen atoms in total. The fraction of sp³-hybridized carbons (Fsp3) is 0.582. The second-order valence-corrected chi connectivity index (χ2v) is 18.6. The van der Waals surface area contributed by atoms with Gasteiger partial charge in [0.05, 0.1) is 6.61 Å². The molecule has 404 valence electrons. The highest BCUT2D eigenvalue weighted by atomic mass is 16.6. The van der Waals surface area contributed by atoms with Crippen LogP contribution in [0.2, 0.25) is 0 Å². The summed E-state index contributed by atoms with van der Waals surface area (Å²) in [5, 5.41) is 9.66. The van der Waals surface area contributed by atoms with Crippen molar-refractivity contribution in [2.45, 2.75) is 238 Å². The number of ether oxygens (including phenoxy) is 2. The lowest BCUT2D eigenvalue weighted by Crippen LogP contribution is -2.28. The second-order valence-electron chi connectivity index (χ2n) is 18.6. The quantitative estimate of drug-likeness (QED) is 0.0373. The number of hydrogen-bond donors (Lipinski definition) is 1. The zero-order valence-electron chi connectivity index (χ0n) is 46.1. The Kier molecular flexibility index (Phi) is 57.0. The molecule has 0 aliphatic carbocycles. The Bertz CT molecular complexity index is 1590. The monoisotopic (exact) mass is 991 g/mol. The Morgan fingerprint density at radius 2 is 0.556 bits per heavy atom. The summed E-state index contributed by atoms with van der Waals surface area (Å²) in [4.78, 5) is 24.5. The summed E-state index contributed by atoms with van der Waals surface area (Å²) in [6, 6.07) is 0. The maximum absolute atomic E-state index is 12.3. The molecule has 1 atom stereocenters. The fourth-order valence-electron chi connectivity index (χ4n) is 7.54. The van der Waals surface area contributed by atoms with E-state index in [1.165, 1.54) is 77.0 Å². The topological polar surface area (TPSA) is 72.8 Å². The van der Waals surface area contributed by atoms with Crippen molar-refractivity contribution in [2.75, 3.05) is 13.2 Å². The van der Waals surface area contributed by atoms with Crippen LogP contribution < -0.4 is 0 Å². The maximum atomic E-state index is 12.3. The van der Waals surface area contributed by atoms with Crippen LogP contribution in [0.25, 0.3) is 0 Å². The average Bonchev–Trinajstić information content (AvgIpc) is 3.38. The van der Waals surface area contributed by atoms with Crippen LogP contribution in [0.15, 0.2) is 158 Å². The number of allylic oxidation sites excluding steroid dienone is 26. The molecule has 0 heterocycles. The number of unbranched alkanes of at least 4 members (excludes halogenated alkanes) is 17. The second kappa shape index (κ2) is 60.8. The van der Waals surface area contributed by atoms with Crippen molar-refractivity contribution in [3.63, 3.8) is 0 Å². The first-order valence-corrected chi connectivity index (χ1v) is 29.0. The van der Waals surface area contributed by atoms with Crippen LogP contribution in [-0.2, 0) is 19.1 Å². The molecular formula is C67H106O5. The molecule has 0 amide bonds. The minimum atomic E-state index is -0.803. The first-order chi connectivity index (χ1) is 35.6. The summed E-state index contributed by atoms with van der Waals surface area (Å²) in [6.07, 6.45) is 93.5. The molecular weight excluding hydrogens is 885 g/mol. The predicted octanol–water partition coefficient (Wildman–Crippen LogP) is 20.0. The molecule has 0 saturated heterocycles. The Morgan fingerprint density at radius 3 is 0.847 bits per heavy atom. The Labute approximate surface area is 443 Å². The molecule has 0 rings (SSSR count). The van der Waals surface area contributed by atoms with Crippen LogP contribution in [0.4, 0.5) is 0 Å². The molecule has 0 fully saturated rings. The number of rotatable bonds is 51. The molecule has 0 aromatic rings. The van der Waals surface area contributed by atoms with E-state index in [0.717, 1.165) is 128 Å². The molecule has 1 N–H and O–H groups in total. The molecule has 0 aromatic heterocycles. The van der Waals surface area contributed by atoms with Crippen molar-refractivity contribution in [1.82, 2.24) is 0 Å². The highest BCUT2D eigenvalue weighted by Gasteiger charge is 2.16. The van der Waals surface area contributed by atoms with Crippen molar-refractivity contribution >= 4 is 11.9 Å². The van der Waals surface area contributed by atoms with Crippen LogP contribution >= 0.6 is 0 Å². The van der Waals surface area contributed by atoms with Gasteiger partial charge < -0.3 is 14.6 Å². The van der Waals surface area contributed by atoms with Gasteiger partial charge in [0.2, 0.25) is 0 Å². The SMILES string of the molecule is CC/C=C\C/C=C\C/C=C\C/C=C\C/C=C\C/C=C\C/C=C\C/C=C\C/C=C\CCCCCC(=O)OC(CO)COC(=O)CCCCCCCCCCCCCCCC/C=C\C/C=C\C/C=C\C/C=C\CC. The molecule has 72 heavy (non-hydrogen) atoms. The zero-order valence-corrected chi connectivity index (χ0v) is 46.1. The van der Waals surface area contributed by atoms with Crippen molar-refractivity contribution < 1.29 is 24.2 Å². The molecule has 0 bridgehead atoms. The van der Waals surface area contributed by atoms with E-state index in [0.29, 0.717) is 12.8 Å². The largest absolute Gasteiger partial charge is 0.462 e. The summed E-state index contributed by atoms with van der Waals surface area (Å²) in [6.45, 7) is 3.88. The van der Waals surface area contributed by atoms with Gasteiger partial charge in [0, 0.05) is 12.8 Å². The van der Waals surface area contributed by atoms with Gasteiger partial charge in [-0.1, -0.05) is 255 Å². The molecule has 0 aromatic carbocycles. The van der Waals surface area contributed by atoms with Gasteiger partial charge in [0.15, 0.2) is 6.10 Å². The van der Waals surface area contributed by atoms with E-state index in [4.69, 9.17) is 9.47 Å². The van der Waals surface area contributed by atoms with Crippen LogP contribution in [-0.4, -0.2) is 36.4 Å². The summed E-state index contributed by atoms with van der Waals surface area (Å²) in [5.74, 6) is -0.639. The van der Waals surface area contributed by atoms with Crippen molar-refractivity contribution in [3.05, 3.63) is 158 Å². The van der Waals surface area contributed by atoms with E-state index >= 15 is 0 Å². The molecule has 0 radical (unpaired) electrons. The lowest BCUT2D eigenvalue weighted by atomic mass is 10.0. The lowest BCUT2D eigenvalue weighted by Gasteiger charge is -2.15. The van der Waals surface area contributed by atoms with Gasteiger partial charge in [0.25, 0.3) is 0 Å². The third-order valence-electron chi connectivity index (χ3n) is 11.8. The normalized spacial score (nSPS) is 13.4. The van der Waals surface area contributed by atoms with E-state index in [9.17, 15) is 14.7 Å². The molecule has 5 heteroatoms. The van der Waals surface area contributed by atoms with Gasteiger partial charge in [-0.3, -0.25) is 9.59 Å². The van der Waals surface area contributed by atoms with E-state index in [2.05, 4.69) is 172 Å². The number of aliphatic hydroxyl groups is 1. The average molecular weight is 992 g/mol. The van der Waals surface area contributed by atoms with Crippen LogP contribution in [0.3, 0.4) is 0 Å². The molecule has 0 aliphatic heterocycles. The third-order valence-corrected chi connectivity index (χ3v) is 11.8. The van der Waals surface area contributed by atoms with E-state index < -0.39 is 6.10 Å². The predicted molar refractivity (Wildman–Crippen MR) is 315 cm³/mol. The van der Waals surface area contributed by atoms with E-state index in [-0.39, 0.29) is 25.2 Å². The summed E-state index contributed by atoms with van der Waals surface area (Å²) in [7, 11) is 0. The van der Waals surface area contributed by atoms with Crippen LogP contribution in [0.1, 0.15) is 232 Å². The first kappa shape index (κ1) is 67.5. The van der Waals surface area contributed by atoms with Crippen molar-refractivity contribution in [3.8, 4) is 0 Å². The van der Waals surface area contributed by atoms with Gasteiger partial charge in [-0.05, 0) is 122 Å². The number of hydrogen-bond acceptors (Lipinski definition) is 5. The standard InChI is InChI=1S/C67H106O5/c1-3-5-7-9-11-13-15-17-19-21-23-25-27-29-31-32-33-34-36-38-40-42-44-46-48-50-52-54-56-58-60-62-67(70)72-65(63-68)64-71-66(69)61-59-57-55-53-51-49-47-45-43-41-39-37-35-30-28-26-24-22-20-18-16-14-12-10-8-6-4-2/h5-8,11-14,17-20,23-26,29,31,33-34,38,40,44,46,50,52,65,68H,3-4,9-10,15-16,21-22,27-28,30,32,35-37,39,41-43,45,47-49,51,53-64H2,1-2H3/b7-5-,8-6-,13-11-,14-12-,19-17-,20-18-,25-23-,26-24-,31-29-,34-33-,40-38-,46-44-,52-50-. The zero-order chi connectivity index (χ0) is 52.0. The van der Waals surface area contributed by atoms with Gasteiger partial charge in [-0.2, -0.15) is 0 Å². The van der Waals surface area contributed by atoms with Crippen LogP contribution in [0, 0.1) is 0 Å². The number of esters is 2. The molecule has 0 saturated carbocycles. The van der Waals surface area contributed by atoms with Crippen LogP contribution in [0.5, 0.6) is 0 Å². The summed E-state index contributed by atoms with van der Waals surface area (Å²) in [5.41, 5.74) is 0. The summed E-state index contributed by atoms with van der Waals surface area (Å²) < 4.78 is 10.7. The van der Waals surface area contributed by atoms with Gasteiger partial charge >= 0.3 is 11.9 Å². The Morgan fingerprint density at radius 1 is 0.319 bits per heavy atom. The minimum absolute atomic E-state index is 0.0897. The number of aliphatic hydroxyl groups excluding tert-OH is 1. The maximum Gasteiger partial charge on any atom is 0.306 e. The van der Waals surface area contributed by atoms with Crippen molar-refractivity contribution in [2.24, 2.45) is 0 Å².